The van der Waals surface area contributed by atoms with Crippen LogP contribution in [0.3, 0.4) is 0 Å². The molecule has 2 aromatic rings. The van der Waals surface area contributed by atoms with E-state index >= 15 is 0 Å². The molecule has 1 heterocycles. The number of hydrogen-bond acceptors (Lipinski definition) is 3. The van der Waals surface area contributed by atoms with Gasteiger partial charge in [-0.25, -0.2) is 13.6 Å². The van der Waals surface area contributed by atoms with Crippen LogP contribution in [-0.2, 0) is 6.42 Å². The predicted molar refractivity (Wildman–Crippen MR) is 76.2 cm³/mol. The number of fused-ring (bicyclic) bond motifs is 1. The number of halogens is 2. The Morgan fingerprint density at radius 3 is 2.68 bits per heavy atom. The normalized spacial score (nSPS) is 16.4. The molecule has 1 atom stereocenters. The molecule has 0 bridgehead atoms. The lowest BCUT2D eigenvalue weighted by molar-refractivity contribution is 0.0691. The Balaban J connectivity index is 1.86. The highest BCUT2D eigenvalue weighted by Gasteiger charge is 2.28. The van der Waals surface area contributed by atoms with Crippen molar-refractivity contribution >= 4 is 23.2 Å². The van der Waals surface area contributed by atoms with Crippen molar-refractivity contribution in [3.63, 3.8) is 0 Å². The molecule has 1 amide bonds. The Morgan fingerprint density at radius 2 is 1.95 bits per heavy atom. The summed E-state index contributed by atoms with van der Waals surface area (Å²) in [5.74, 6) is -3.05. The van der Waals surface area contributed by atoms with Crippen LogP contribution in [0.1, 0.15) is 44.3 Å². The molecule has 0 aliphatic heterocycles. The van der Waals surface area contributed by atoms with Crippen LogP contribution in [0, 0.1) is 11.6 Å². The van der Waals surface area contributed by atoms with Gasteiger partial charge in [0, 0.05) is 16.8 Å². The van der Waals surface area contributed by atoms with E-state index < -0.39 is 29.6 Å². The highest BCUT2D eigenvalue weighted by Crippen LogP contribution is 2.34. The van der Waals surface area contributed by atoms with Gasteiger partial charge < -0.3 is 10.4 Å². The van der Waals surface area contributed by atoms with Crippen LogP contribution < -0.4 is 5.32 Å². The summed E-state index contributed by atoms with van der Waals surface area (Å²) in [4.78, 5) is 23.3. The summed E-state index contributed by atoms with van der Waals surface area (Å²) in [5, 5.41) is 14.5. The molecular formula is C15H11F2NO3S. The van der Waals surface area contributed by atoms with Crippen molar-refractivity contribution in [3.05, 3.63) is 56.8 Å². The number of carbonyl (C=O) groups is 2. The van der Waals surface area contributed by atoms with E-state index in [1.54, 1.807) is 0 Å². The summed E-state index contributed by atoms with van der Waals surface area (Å²) in [6, 6.07) is 1.52. The maximum Gasteiger partial charge on any atom is 0.337 e. The Kier molecular flexibility index (Phi) is 3.66. The number of aromatic carboxylic acids is 1. The summed E-state index contributed by atoms with van der Waals surface area (Å²) in [6.45, 7) is 0. The summed E-state index contributed by atoms with van der Waals surface area (Å²) in [6.07, 6.45) is 0.857. The second-order valence-corrected chi connectivity index (χ2v) is 5.77. The molecule has 1 aromatic heterocycles. The van der Waals surface area contributed by atoms with Crippen molar-refractivity contribution in [2.45, 2.75) is 18.9 Å². The van der Waals surface area contributed by atoms with E-state index in [2.05, 4.69) is 5.32 Å². The molecule has 0 spiro atoms. The van der Waals surface area contributed by atoms with Crippen LogP contribution in [0.5, 0.6) is 0 Å². The molecule has 7 heteroatoms. The Bertz CT molecular complexity index is 772. The van der Waals surface area contributed by atoms with Crippen LogP contribution in [0.2, 0.25) is 0 Å². The number of benzene rings is 1. The Labute approximate surface area is 128 Å². The summed E-state index contributed by atoms with van der Waals surface area (Å²) < 4.78 is 27.0. The van der Waals surface area contributed by atoms with Crippen LogP contribution in [0.4, 0.5) is 8.78 Å². The monoisotopic (exact) mass is 323 g/mol. The molecule has 0 saturated carbocycles. The molecule has 3 rings (SSSR count). The zero-order valence-electron chi connectivity index (χ0n) is 11.2. The Morgan fingerprint density at radius 1 is 1.23 bits per heavy atom. The Hall–Kier alpha value is -2.28. The van der Waals surface area contributed by atoms with Crippen molar-refractivity contribution in [3.8, 4) is 0 Å². The van der Waals surface area contributed by atoms with Gasteiger partial charge in [-0.05, 0) is 30.0 Å². The fourth-order valence-electron chi connectivity index (χ4n) is 2.67. The molecule has 2 N–H and O–H groups in total. The first-order valence-corrected chi connectivity index (χ1v) is 7.50. The van der Waals surface area contributed by atoms with Crippen molar-refractivity contribution < 1.29 is 23.5 Å². The molecular weight excluding hydrogens is 312 g/mol. The van der Waals surface area contributed by atoms with Crippen LogP contribution in [0.25, 0.3) is 0 Å². The minimum Gasteiger partial charge on any atom is -0.478 e. The number of nitrogens with one attached hydrogen (secondary N) is 1. The van der Waals surface area contributed by atoms with E-state index in [1.807, 2.05) is 0 Å². The highest BCUT2D eigenvalue weighted by molar-refractivity contribution is 7.08. The van der Waals surface area contributed by atoms with Crippen molar-refractivity contribution in [2.75, 3.05) is 0 Å². The molecule has 1 unspecified atom stereocenters. The third-order valence-electron chi connectivity index (χ3n) is 3.70. The average molecular weight is 323 g/mol. The van der Waals surface area contributed by atoms with Crippen molar-refractivity contribution in [2.24, 2.45) is 0 Å². The number of carboxylic acid groups (broad SMARTS) is 1. The van der Waals surface area contributed by atoms with Gasteiger partial charge >= 0.3 is 5.97 Å². The summed E-state index contributed by atoms with van der Waals surface area (Å²) in [7, 11) is 0. The molecule has 1 aliphatic carbocycles. The first kappa shape index (κ1) is 14.6. The second-order valence-electron chi connectivity index (χ2n) is 5.02. The lowest BCUT2D eigenvalue weighted by Crippen LogP contribution is -2.28. The number of rotatable bonds is 3. The molecule has 22 heavy (non-hydrogen) atoms. The first-order valence-electron chi connectivity index (χ1n) is 6.55. The molecule has 0 saturated heterocycles. The summed E-state index contributed by atoms with van der Waals surface area (Å²) >= 11 is 1.11. The topological polar surface area (TPSA) is 66.4 Å². The standard InChI is InChI=1S/C15H11F2NO3S/c16-7-3-9-8(12(17)4-7)1-2-13(9)18-14(19)10-5-22-6-11(10)15(20)21/h3-6,13H,1-2H2,(H,18,19)(H,20,21). The zero-order chi connectivity index (χ0) is 15.9. The van der Waals surface area contributed by atoms with Crippen LogP contribution in [0.15, 0.2) is 22.9 Å². The lowest BCUT2D eigenvalue weighted by atomic mass is 10.1. The third kappa shape index (κ3) is 2.48. The predicted octanol–water partition coefficient (Wildman–Crippen LogP) is 3.14. The van der Waals surface area contributed by atoms with E-state index in [9.17, 15) is 18.4 Å². The lowest BCUT2D eigenvalue weighted by Gasteiger charge is -2.14. The van der Waals surface area contributed by atoms with Crippen molar-refractivity contribution in [1.82, 2.24) is 5.32 Å². The van der Waals surface area contributed by atoms with Gasteiger partial charge in [0.05, 0.1) is 17.2 Å². The number of amides is 1. The fraction of sp³-hybridized carbons (Fsp3) is 0.200. The molecule has 4 nitrogen and oxygen atoms in total. The molecule has 1 aliphatic rings. The second kappa shape index (κ2) is 5.49. The number of carboxylic acids is 1. The largest absolute Gasteiger partial charge is 0.478 e. The smallest absolute Gasteiger partial charge is 0.337 e. The molecule has 0 radical (unpaired) electrons. The number of hydrogen-bond donors (Lipinski definition) is 2. The van der Waals surface area contributed by atoms with Gasteiger partial charge in [-0.1, -0.05) is 0 Å². The SMILES string of the molecule is O=C(O)c1cscc1C(=O)NC1CCc2c(F)cc(F)cc21. The van der Waals surface area contributed by atoms with E-state index in [1.165, 1.54) is 16.8 Å². The maximum absolute atomic E-state index is 13.7. The minimum atomic E-state index is -1.18. The van der Waals surface area contributed by atoms with Gasteiger partial charge in [-0.3, -0.25) is 4.79 Å². The summed E-state index contributed by atoms with van der Waals surface area (Å²) in [5.41, 5.74) is 0.794. The average Bonchev–Trinajstić information content (AvgIpc) is 3.06. The van der Waals surface area contributed by atoms with Crippen LogP contribution in [-0.4, -0.2) is 17.0 Å². The van der Waals surface area contributed by atoms with Gasteiger partial charge in [0.1, 0.15) is 11.6 Å². The van der Waals surface area contributed by atoms with Crippen LogP contribution >= 0.6 is 11.3 Å². The van der Waals surface area contributed by atoms with Gasteiger partial charge in [-0.15, -0.1) is 0 Å². The highest BCUT2D eigenvalue weighted by atomic mass is 32.1. The van der Waals surface area contributed by atoms with E-state index in [-0.39, 0.29) is 11.1 Å². The van der Waals surface area contributed by atoms with Gasteiger partial charge in [0.25, 0.3) is 5.91 Å². The van der Waals surface area contributed by atoms with E-state index in [4.69, 9.17) is 5.11 Å². The van der Waals surface area contributed by atoms with Crippen molar-refractivity contribution in [1.29, 1.82) is 0 Å². The number of thiophene rings is 1. The van der Waals surface area contributed by atoms with Gasteiger partial charge in [0.2, 0.25) is 0 Å². The third-order valence-corrected chi connectivity index (χ3v) is 4.44. The van der Waals surface area contributed by atoms with Gasteiger partial charge in [-0.2, -0.15) is 11.3 Å². The zero-order valence-corrected chi connectivity index (χ0v) is 12.0. The molecule has 1 aromatic carbocycles. The molecule has 114 valence electrons. The molecule has 0 fully saturated rings. The minimum absolute atomic E-state index is 0.0582. The van der Waals surface area contributed by atoms with E-state index in [0.29, 0.717) is 24.0 Å². The quantitative estimate of drug-likeness (QED) is 0.912. The van der Waals surface area contributed by atoms with E-state index in [0.717, 1.165) is 17.4 Å². The first-order chi connectivity index (χ1) is 10.5. The fourth-order valence-corrected chi connectivity index (χ4v) is 3.47. The maximum atomic E-state index is 13.7. The van der Waals surface area contributed by atoms with Gasteiger partial charge in [0.15, 0.2) is 0 Å². The number of carbonyl (C=O) groups excluding carboxylic acids is 1.